The quantitative estimate of drug-likeness (QED) is 0.932. The van der Waals surface area contributed by atoms with Crippen molar-refractivity contribution in [3.8, 4) is 0 Å². The molecule has 0 aliphatic heterocycles. The zero-order chi connectivity index (χ0) is 13.1. The summed E-state index contributed by atoms with van der Waals surface area (Å²) in [6, 6.07) is 8.21. The monoisotopic (exact) mass is 273 g/mol. The van der Waals surface area contributed by atoms with Gasteiger partial charge in [-0.2, -0.15) is 0 Å². The van der Waals surface area contributed by atoms with Gasteiger partial charge in [-0.15, -0.1) is 0 Å². The number of fused-ring (bicyclic) bond motifs is 1. The molecule has 1 aliphatic rings. The molecule has 4 heteroatoms. The minimum atomic E-state index is 0.308. The van der Waals surface area contributed by atoms with E-state index < -0.39 is 0 Å². The Labute approximate surface area is 118 Å². The topological polar surface area (TPSA) is 37.8 Å². The van der Waals surface area contributed by atoms with Crippen LogP contribution in [0.4, 0.5) is 0 Å². The molecule has 1 atom stereocenters. The molecule has 1 N–H and O–H groups in total. The molecule has 0 saturated carbocycles. The van der Waals surface area contributed by atoms with Gasteiger partial charge in [-0.1, -0.05) is 17.7 Å². The first kappa shape index (κ1) is 12.6. The number of nitrogens with one attached hydrogen (secondary N) is 1. The van der Waals surface area contributed by atoms with E-state index in [9.17, 15) is 0 Å². The number of aromatic nitrogens is 2. The second kappa shape index (κ2) is 5.68. The van der Waals surface area contributed by atoms with Crippen LogP contribution in [0.25, 0.3) is 0 Å². The van der Waals surface area contributed by atoms with Crippen LogP contribution in [0.15, 0.2) is 36.7 Å². The maximum atomic E-state index is 6.12. The molecule has 3 nitrogen and oxygen atoms in total. The van der Waals surface area contributed by atoms with Crippen molar-refractivity contribution in [3.05, 3.63) is 58.6 Å². The Morgan fingerprint density at radius 1 is 1.21 bits per heavy atom. The molecule has 2 aromatic heterocycles. The molecule has 19 heavy (non-hydrogen) atoms. The number of rotatable bonds is 3. The van der Waals surface area contributed by atoms with Crippen LogP contribution in [0.1, 0.15) is 35.8 Å². The SMILES string of the molecule is Clc1cccnc1CNC1CCCc2cccnc21. The summed E-state index contributed by atoms with van der Waals surface area (Å²) in [6.45, 7) is 0.681. The van der Waals surface area contributed by atoms with E-state index in [1.807, 2.05) is 24.4 Å². The number of nitrogens with zero attached hydrogens (tertiary/aromatic N) is 2. The Bertz CT molecular complexity index is 571. The average molecular weight is 274 g/mol. The van der Waals surface area contributed by atoms with Crippen molar-refractivity contribution in [3.63, 3.8) is 0 Å². The lowest BCUT2D eigenvalue weighted by Gasteiger charge is -2.25. The smallest absolute Gasteiger partial charge is 0.0727 e. The highest BCUT2D eigenvalue weighted by atomic mass is 35.5. The summed E-state index contributed by atoms with van der Waals surface area (Å²) in [5.74, 6) is 0. The summed E-state index contributed by atoms with van der Waals surface area (Å²) in [4.78, 5) is 8.82. The molecule has 98 valence electrons. The Kier molecular flexibility index (Phi) is 3.76. The lowest BCUT2D eigenvalue weighted by atomic mass is 9.92. The molecule has 2 heterocycles. The van der Waals surface area contributed by atoms with E-state index in [-0.39, 0.29) is 0 Å². The van der Waals surface area contributed by atoms with E-state index >= 15 is 0 Å². The first-order valence-electron chi connectivity index (χ1n) is 6.61. The predicted molar refractivity (Wildman–Crippen MR) is 76.0 cm³/mol. The summed E-state index contributed by atoms with van der Waals surface area (Å²) < 4.78 is 0. The van der Waals surface area contributed by atoms with Crippen LogP contribution in [0.2, 0.25) is 5.02 Å². The maximum absolute atomic E-state index is 6.12. The van der Waals surface area contributed by atoms with E-state index in [4.69, 9.17) is 11.6 Å². The van der Waals surface area contributed by atoms with Gasteiger partial charge in [0.25, 0.3) is 0 Å². The highest BCUT2D eigenvalue weighted by Gasteiger charge is 2.20. The zero-order valence-electron chi connectivity index (χ0n) is 10.6. The lowest BCUT2D eigenvalue weighted by molar-refractivity contribution is 0.445. The highest BCUT2D eigenvalue weighted by molar-refractivity contribution is 6.31. The van der Waals surface area contributed by atoms with Gasteiger partial charge in [-0.05, 0) is 43.0 Å². The van der Waals surface area contributed by atoms with Crippen LogP contribution in [0.5, 0.6) is 0 Å². The van der Waals surface area contributed by atoms with Gasteiger partial charge in [-0.25, -0.2) is 0 Å². The van der Waals surface area contributed by atoms with Crippen molar-refractivity contribution in [1.82, 2.24) is 15.3 Å². The van der Waals surface area contributed by atoms with Gasteiger partial charge < -0.3 is 5.32 Å². The van der Waals surface area contributed by atoms with Gasteiger partial charge in [-0.3, -0.25) is 9.97 Å². The average Bonchev–Trinajstić information content (AvgIpc) is 2.46. The molecule has 3 rings (SSSR count). The van der Waals surface area contributed by atoms with E-state index in [1.54, 1.807) is 6.20 Å². The number of hydrogen-bond acceptors (Lipinski definition) is 3. The molecule has 0 saturated heterocycles. The van der Waals surface area contributed by atoms with Gasteiger partial charge in [0.05, 0.1) is 22.5 Å². The van der Waals surface area contributed by atoms with Crippen LogP contribution in [-0.2, 0) is 13.0 Å². The van der Waals surface area contributed by atoms with Gasteiger partial charge in [0.2, 0.25) is 0 Å². The first-order chi connectivity index (χ1) is 9.34. The molecule has 0 aromatic carbocycles. The molecule has 2 aromatic rings. The Hall–Kier alpha value is -1.45. The Morgan fingerprint density at radius 3 is 2.95 bits per heavy atom. The zero-order valence-corrected chi connectivity index (χ0v) is 11.4. The van der Waals surface area contributed by atoms with Crippen LogP contribution in [0.3, 0.4) is 0 Å². The number of aryl methyl sites for hydroxylation is 1. The standard InChI is InChI=1S/C15H16ClN3/c16-12-6-3-8-17-14(12)10-19-13-7-1-4-11-5-2-9-18-15(11)13/h2-3,5-6,8-9,13,19H,1,4,7,10H2. The highest BCUT2D eigenvalue weighted by Crippen LogP contribution is 2.28. The number of hydrogen-bond donors (Lipinski definition) is 1. The maximum Gasteiger partial charge on any atom is 0.0727 e. The summed E-state index contributed by atoms with van der Waals surface area (Å²) in [7, 11) is 0. The summed E-state index contributed by atoms with van der Waals surface area (Å²) in [6.07, 6.45) is 7.09. The van der Waals surface area contributed by atoms with Gasteiger partial charge in [0.1, 0.15) is 0 Å². The Balaban J connectivity index is 1.73. The van der Waals surface area contributed by atoms with Crippen LogP contribution in [-0.4, -0.2) is 9.97 Å². The minimum absolute atomic E-state index is 0.308. The summed E-state index contributed by atoms with van der Waals surface area (Å²) in [5, 5.41) is 4.24. The summed E-state index contributed by atoms with van der Waals surface area (Å²) in [5.41, 5.74) is 3.44. The van der Waals surface area contributed by atoms with Gasteiger partial charge >= 0.3 is 0 Å². The first-order valence-corrected chi connectivity index (χ1v) is 6.99. The molecule has 0 amide bonds. The summed E-state index contributed by atoms with van der Waals surface area (Å²) >= 11 is 6.12. The lowest BCUT2D eigenvalue weighted by Crippen LogP contribution is -2.26. The van der Waals surface area contributed by atoms with Crippen molar-refractivity contribution in [2.75, 3.05) is 0 Å². The van der Waals surface area contributed by atoms with Crippen LogP contribution >= 0.6 is 11.6 Å². The fourth-order valence-corrected chi connectivity index (χ4v) is 2.76. The largest absolute Gasteiger partial charge is 0.303 e. The van der Waals surface area contributed by atoms with Gasteiger partial charge in [0.15, 0.2) is 0 Å². The van der Waals surface area contributed by atoms with E-state index in [0.717, 1.165) is 18.5 Å². The van der Waals surface area contributed by atoms with Crippen molar-refractivity contribution in [2.24, 2.45) is 0 Å². The third-order valence-electron chi connectivity index (χ3n) is 3.55. The molecule has 0 fully saturated rings. The Morgan fingerprint density at radius 2 is 2.05 bits per heavy atom. The third-order valence-corrected chi connectivity index (χ3v) is 3.89. The second-order valence-corrected chi connectivity index (χ2v) is 5.21. The number of halogens is 1. The second-order valence-electron chi connectivity index (χ2n) is 4.81. The minimum Gasteiger partial charge on any atom is -0.303 e. The fourth-order valence-electron chi connectivity index (χ4n) is 2.58. The van der Waals surface area contributed by atoms with Crippen molar-refractivity contribution in [1.29, 1.82) is 0 Å². The van der Waals surface area contributed by atoms with Gasteiger partial charge in [0, 0.05) is 18.9 Å². The van der Waals surface area contributed by atoms with Crippen molar-refractivity contribution >= 4 is 11.6 Å². The van der Waals surface area contributed by atoms with Crippen molar-refractivity contribution < 1.29 is 0 Å². The fraction of sp³-hybridized carbons (Fsp3) is 0.333. The van der Waals surface area contributed by atoms with Crippen LogP contribution in [0, 0.1) is 0 Å². The van der Waals surface area contributed by atoms with Crippen molar-refractivity contribution in [2.45, 2.75) is 31.8 Å². The van der Waals surface area contributed by atoms with E-state index in [2.05, 4.69) is 21.4 Å². The number of pyridine rings is 2. The molecule has 1 unspecified atom stereocenters. The third kappa shape index (κ3) is 2.77. The molecular formula is C15H16ClN3. The molecule has 1 aliphatic carbocycles. The molecule has 0 bridgehead atoms. The van der Waals surface area contributed by atoms with E-state index in [0.29, 0.717) is 17.6 Å². The van der Waals surface area contributed by atoms with E-state index in [1.165, 1.54) is 17.7 Å². The molecular weight excluding hydrogens is 258 g/mol. The molecule has 0 spiro atoms. The molecule has 0 radical (unpaired) electrons. The van der Waals surface area contributed by atoms with Crippen LogP contribution < -0.4 is 5.32 Å². The normalized spacial score (nSPS) is 18.1. The predicted octanol–water partition coefficient (Wildman–Crippen LogP) is 3.30.